The summed E-state index contributed by atoms with van der Waals surface area (Å²) in [6, 6.07) is 7.28. The number of fused-ring (bicyclic) bond motifs is 1. The fourth-order valence-electron chi connectivity index (χ4n) is 2.49. The van der Waals surface area contributed by atoms with Crippen LogP contribution >= 0.6 is 0 Å². The number of benzene rings is 2. The molecule has 0 aliphatic carbocycles. The third-order valence-corrected chi connectivity index (χ3v) is 3.81. The minimum atomic E-state index is -0.912. The summed E-state index contributed by atoms with van der Waals surface area (Å²) in [5, 5.41) is 39.2. The molecule has 12 heteroatoms. The number of hydrogen-bond acceptors (Lipinski definition) is 8. The van der Waals surface area contributed by atoms with Crippen molar-refractivity contribution >= 4 is 33.9 Å². The molecule has 1 amide bonds. The molecule has 2 aromatic carbocycles. The fourth-order valence-corrected chi connectivity index (χ4v) is 2.49. The molecule has 0 atom stereocenters. The van der Waals surface area contributed by atoms with Gasteiger partial charge in [0.05, 0.1) is 28.0 Å². The second-order valence-corrected chi connectivity index (χ2v) is 5.46. The number of azo groups is 1. The number of hydrogen-bond donors (Lipinski definition) is 2. The van der Waals surface area contributed by atoms with Gasteiger partial charge in [0.1, 0.15) is 0 Å². The second kappa shape index (κ2) is 7.11. The summed E-state index contributed by atoms with van der Waals surface area (Å²) in [5.41, 5.74) is -0.602. The van der Waals surface area contributed by atoms with Crippen molar-refractivity contribution in [1.29, 1.82) is 0 Å². The normalized spacial score (nSPS) is 11.0. The molecule has 0 aliphatic heterocycles. The number of nitro groups is 2. The molecule has 3 rings (SSSR count). The summed E-state index contributed by atoms with van der Waals surface area (Å²) < 4.78 is 4.86. The highest BCUT2D eigenvalue weighted by Gasteiger charge is 2.19. The molecule has 1 aromatic heterocycles. The number of aromatic nitrogens is 1. The van der Waals surface area contributed by atoms with E-state index >= 15 is 0 Å². The lowest BCUT2D eigenvalue weighted by Gasteiger charge is -2.02. The number of aromatic hydroxyl groups is 1. The van der Waals surface area contributed by atoms with Gasteiger partial charge in [-0.1, -0.05) is 0 Å². The summed E-state index contributed by atoms with van der Waals surface area (Å²) in [6.07, 6.45) is 0. The van der Waals surface area contributed by atoms with Gasteiger partial charge in [-0.25, -0.2) is 0 Å². The molecular weight excluding hydrogens is 374 g/mol. The zero-order valence-corrected chi connectivity index (χ0v) is 14.1. The van der Waals surface area contributed by atoms with E-state index < -0.39 is 27.3 Å². The van der Waals surface area contributed by atoms with Gasteiger partial charge in [-0.3, -0.25) is 25.0 Å². The first-order valence-corrected chi connectivity index (χ1v) is 7.59. The lowest BCUT2D eigenvalue weighted by Crippen LogP contribution is -1.99. The molecule has 0 saturated heterocycles. The zero-order valence-electron chi connectivity index (χ0n) is 14.1. The van der Waals surface area contributed by atoms with Crippen LogP contribution in [0.25, 0.3) is 10.9 Å². The van der Waals surface area contributed by atoms with E-state index in [1.54, 1.807) is 0 Å². The van der Waals surface area contributed by atoms with Crippen molar-refractivity contribution < 1.29 is 24.5 Å². The Labute approximate surface area is 155 Å². The number of nitro benzene ring substituents is 2. The third-order valence-electron chi connectivity index (χ3n) is 3.81. The van der Waals surface area contributed by atoms with Crippen LogP contribution in [0, 0.1) is 20.2 Å². The van der Waals surface area contributed by atoms with E-state index in [2.05, 4.69) is 15.2 Å². The first kappa shape index (κ1) is 18.4. The smallest absolute Gasteiger partial charge is 0.311 e. The van der Waals surface area contributed by atoms with E-state index in [-0.39, 0.29) is 28.1 Å². The number of nitrogens with zero attached hydrogens (tertiary/aromatic N) is 4. The lowest BCUT2D eigenvalue weighted by molar-refractivity contribution is -0.385. The Morgan fingerprint density at radius 3 is 2.54 bits per heavy atom. The van der Waals surface area contributed by atoms with Crippen LogP contribution in [0.3, 0.4) is 0 Å². The summed E-state index contributed by atoms with van der Waals surface area (Å²) in [7, 11) is 1.25. The minimum Gasteiger partial charge on any atom is -0.493 e. The summed E-state index contributed by atoms with van der Waals surface area (Å²) in [5.74, 6) is -1.38. The van der Waals surface area contributed by atoms with Crippen LogP contribution in [0.2, 0.25) is 0 Å². The maximum Gasteiger partial charge on any atom is 0.311 e. The van der Waals surface area contributed by atoms with Crippen LogP contribution in [0.4, 0.5) is 17.1 Å². The molecule has 0 aliphatic rings. The van der Waals surface area contributed by atoms with Crippen LogP contribution in [-0.2, 0) is 0 Å². The molecule has 0 saturated carbocycles. The molecular formula is C16H11N5O7. The summed E-state index contributed by atoms with van der Waals surface area (Å²) >= 11 is 0. The summed E-state index contributed by atoms with van der Waals surface area (Å²) in [4.78, 5) is 35.4. The Kier molecular flexibility index (Phi) is 4.68. The molecule has 28 heavy (non-hydrogen) atoms. The molecule has 2 N–H and O–H groups in total. The van der Waals surface area contributed by atoms with Crippen LogP contribution in [-0.4, -0.2) is 33.0 Å². The molecule has 0 bridgehead atoms. The third kappa shape index (κ3) is 3.33. The average Bonchev–Trinajstić information content (AvgIpc) is 2.99. The quantitative estimate of drug-likeness (QED) is 0.383. The molecule has 0 fully saturated rings. The van der Waals surface area contributed by atoms with Crippen molar-refractivity contribution in [1.82, 2.24) is 4.98 Å². The van der Waals surface area contributed by atoms with E-state index in [1.807, 2.05) is 0 Å². The largest absolute Gasteiger partial charge is 0.493 e. The fraction of sp³-hybridized carbons (Fsp3) is 0.0625. The van der Waals surface area contributed by atoms with Crippen LogP contribution in [0.15, 0.2) is 46.6 Å². The highest BCUT2D eigenvalue weighted by Crippen LogP contribution is 2.37. The van der Waals surface area contributed by atoms with Crippen molar-refractivity contribution in [2.75, 3.05) is 7.11 Å². The van der Waals surface area contributed by atoms with Gasteiger partial charge in [-0.05, 0) is 18.2 Å². The van der Waals surface area contributed by atoms with Gasteiger partial charge in [0.2, 0.25) is 5.88 Å². The number of H-pyrrole nitrogens is 1. The SMILES string of the molecule is COc1ccc(C(=O)N=Nc2c(O)[nH]c3ccc([N+](=O)[O-])cc23)cc1[N+](=O)[O-]. The predicted molar refractivity (Wildman–Crippen MR) is 95.1 cm³/mol. The van der Waals surface area contributed by atoms with Crippen molar-refractivity contribution in [3.8, 4) is 11.6 Å². The Bertz CT molecular complexity index is 1150. The number of methoxy groups -OCH3 is 1. The molecule has 3 aromatic rings. The molecule has 12 nitrogen and oxygen atoms in total. The van der Waals surface area contributed by atoms with Gasteiger partial charge < -0.3 is 14.8 Å². The Hall–Kier alpha value is -4.35. The van der Waals surface area contributed by atoms with Gasteiger partial charge in [-0.2, -0.15) is 0 Å². The lowest BCUT2D eigenvalue weighted by atomic mass is 10.2. The molecule has 0 spiro atoms. The zero-order chi connectivity index (χ0) is 20.4. The highest BCUT2D eigenvalue weighted by atomic mass is 16.6. The molecule has 142 valence electrons. The number of nitrogens with one attached hydrogen (secondary N) is 1. The van der Waals surface area contributed by atoms with E-state index in [0.29, 0.717) is 5.52 Å². The maximum absolute atomic E-state index is 12.2. The van der Waals surface area contributed by atoms with Crippen molar-refractivity contribution in [2.24, 2.45) is 10.2 Å². The van der Waals surface area contributed by atoms with Crippen molar-refractivity contribution in [3.63, 3.8) is 0 Å². The molecule has 0 unspecified atom stereocenters. The van der Waals surface area contributed by atoms with E-state index in [0.717, 1.165) is 6.07 Å². The van der Waals surface area contributed by atoms with Gasteiger partial charge in [0, 0.05) is 23.6 Å². The van der Waals surface area contributed by atoms with Crippen molar-refractivity contribution in [2.45, 2.75) is 0 Å². The minimum absolute atomic E-state index is 0.0277. The number of carbonyl (C=O) groups excluding carboxylic acids is 1. The number of rotatable bonds is 5. The standard InChI is InChI=1S/C16H11N5O7/c1-28-13-5-2-8(6-12(13)21(26)27)15(22)19-18-14-10-7-9(20(24)25)3-4-11(10)17-16(14)23/h2-7,17,23H,1H3. The van der Waals surface area contributed by atoms with Crippen LogP contribution < -0.4 is 4.74 Å². The van der Waals surface area contributed by atoms with E-state index in [1.165, 1.54) is 37.4 Å². The first-order valence-electron chi connectivity index (χ1n) is 7.59. The Morgan fingerprint density at radius 2 is 1.89 bits per heavy atom. The summed E-state index contributed by atoms with van der Waals surface area (Å²) in [6.45, 7) is 0. The van der Waals surface area contributed by atoms with E-state index in [4.69, 9.17) is 4.74 Å². The highest BCUT2D eigenvalue weighted by molar-refractivity contribution is 5.98. The van der Waals surface area contributed by atoms with E-state index in [9.17, 15) is 30.1 Å². The number of amides is 1. The van der Waals surface area contributed by atoms with Gasteiger partial charge in [0.15, 0.2) is 11.4 Å². The topological polar surface area (TPSA) is 173 Å². The Balaban J connectivity index is 1.98. The average molecular weight is 385 g/mol. The predicted octanol–water partition coefficient (Wildman–Crippen LogP) is 3.62. The number of ether oxygens (including phenoxy) is 1. The van der Waals surface area contributed by atoms with Gasteiger partial charge in [0.25, 0.3) is 11.6 Å². The van der Waals surface area contributed by atoms with Crippen LogP contribution in [0.5, 0.6) is 11.6 Å². The van der Waals surface area contributed by atoms with Crippen molar-refractivity contribution in [3.05, 3.63) is 62.2 Å². The maximum atomic E-state index is 12.2. The molecule has 1 heterocycles. The molecule has 0 radical (unpaired) electrons. The number of aromatic amines is 1. The number of non-ortho nitro benzene ring substituents is 1. The second-order valence-electron chi connectivity index (χ2n) is 5.46. The first-order chi connectivity index (χ1) is 13.3. The monoisotopic (exact) mass is 385 g/mol. The van der Waals surface area contributed by atoms with Crippen LogP contribution in [0.1, 0.15) is 10.4 Å². The van der Waals surface area contributed by atoms with Gasteiger partial charge in [-0.15, -0.1) is 10.2 Å². The number of carbonyl (C=O) groups is 1. The van der Waals surface area contributed by atoms with Gasteiger partial charge >= 0.3 is 5.69 Å². The Morgan fingerprint density at radius 1 is 1.14 bits per heavy atom.